The summed E-state index contributed by atoms with van der Waals surface area (Å²) in [6.07, 6.45) is 5.67. The van der Waals surface area contributed by atoms with E-state index in [-0.39, 0.29) is 20.1 Å². The summed E-state index contributed by atoms with van der Waals surface area (Å²) in [7, 11) is 0. The van der Waals surface area contributed by atoms with Crippen LogP contribution in [0.15, 0.2) is 116 Å². The smallest absolute Gasteiger partial charge is 0.0883 e. The first-order valence-electron chi connectivity index (χ1n) is 10.1. The van der Waals surface area contributed by atoms with Crippen LogP contribution in [0.4, 0.5) is 0 Å². The van der Waals surface area contributed by atoms with Gasteiger partial charge in [-0.05, 0) is 34.7 Å². The molecule has 3 aromatic carbocycles. The van der Waals surface area contributed by atoms with Crippen molar-refractivity contribution in [1.82, 2.24) is 14.4 Å². The second-order valence-corrected chi connectivity index (χ2v) is 7.02. The molecule has 0 N–H and O–H groups in total. The van der Waals surface area contributed by atoms with E-state index >= 15 is 0 Å². The zero-order chi connectivity index (χ0) is 20.9. The summed E-state index contributed by atoms with van der Waals surface area (Å²) in [5.74, 6) is 0. The normalized spacial score (nSPS) is 10.2. The molecule has 6 aromatic rings. The number of pyridine rings is 2. The number of fused-ring (bicyclic) bond motifs is 2. The van der Waals surface area contributed by atoms with Gasteiger partial charge in [-0.15, -0.1) is 71.8 Å². The third kappa shape index (κ3) is 4.52. The first-order chi connectivity index (χ1) is 15.4. The van der Waals surface area contributed by atoms with Gasteiger partial charge < -0.3 is 9.38 Å². The average Bonchev–Trinajstić information content (AvgIpc) is 3.29. The van der Waals surface area contributed by atoms with Crippen LogP contribution in [0.1, 0.15) is 0 Å². The Balaban J connectivity index is 0.000000149. The van der Waals surface area contributed by atoms with Crippen molar-refractivity contribution >= 4 is 16.3 Å². The van der Waals surface area contributed by atoms with Crippen LogP contribution >= 0.6 is 0 Å². The maximum absolute atomic E-state index is 4.45. The Morgan fingerprint density at radius 1 is 0.625 bits per heavy atom. The number of nitrogens with zero attached hydrogens (tertiary/aromatic N) is 3. The zero-order valence-electron chi connectivity index (χ0n) is 17.1. The van der Waals surface area contributed by atoms with Crippen molar-refractivity contribution in [3.8, 4) is 22.5 Å². The topological polar surface area (TPSA) is 30.2 Å². The van der Waals surface area contributed by atoms with E-state index < -0.39 is 0 Å². The predicted octanol–water partition coefficient (Wildman–Crippen LogP) is 6.50. The van der Waals surface area contributed by atoms with Gasteiger partial charge >= 0.3 is 0 Å². The monoisotopic (exact) mass is 590 g/mol. The summed E-state index contributed by atoms with van der Waals surface area (Å²) in [6, 6.07) is 38.6. The van der Waals surface area contributed by atoms with Crippen molar-refractivity contribution in [2.75, 3.05) is 0 Å². The Hall–Kier alpha value is -3.59. The molecule has 0 aliphatic carbocycles. The third-order valence-electron chi connectivity index (χ3n) is 5.05. The predicted molar refractivity (Wildman–Crippen MR) is 125 cm³/mol. The van der Waals surface area contributed by atoms with Crippen molar-refractivity contribution in [2.45, 2.75) is 0 Å². The molecule has 0 unspecified atom stereocenters. The van der Waals surface area contributed by atoms with Gasteiger partial charge in [0.05, 0.1) is 6.33 Å². The molecule has 3 heterocycles. The minimum atomic E-state index is 0. The largest absolute Gasteiger partial charge is 0.315 e. The van der Waals surface area contributed by atoms with Crippen molar-refractivity contribution in [2.24, 2.45) is 0 Å². The van der Waals surface area contributed by atoms with E-state index in [1.807, 2.05) is 102 Å². The van der Waals surface area contributed by atoms with Crippen LogP contribution in [0, 0.1) is 12.1 Å². The van der Waals surface area contributed by atoms with Gasteiger partial charge in [-0.1, -0.05) is 30.3 Å². The van der Waals surface area contributed by atoms with E-state index in [1.165, 1.54) is 10.8 Å². The molecule has 0 fully saturated rings. The van der Waals surface area contributed by atoms with Crippen LogP contribution in [-0.2, 0) is 20.1 Å². The molecule has 32 heavy (non-hydrogen) atoms. The molecule has 0 saturated carbocycles. The molecule has 0 amide bonds. The van der Waals surface area contributed by atoms with Crippen LogP contribution < -0.4 is 0 Å². The Morgan fingerprint density at radius 3 is 2.06 bits per heavy atom. The maximum Gasteiger partial charge on any atom is 0.0883 e. The van der Waals surface area contributed by atoms with Gasteiger partial charge in [-0.2, -0.15) is 0 Å². The quantitative estimate of drug-likeness (QED) is 0.216. The number of hydrogen-bond acceptors (Lipinski definition) is 2. The Kier molecular flexibility index (Phi) is 6.86. The van der Waals surface area contributed by atoms with Crippen molar-refractivity contribution in [3.63, 3.8) is 0 Å². The van der Waals surface area contributed by atoms with Crippen LogP contribution in [0.3, 0.4) is 0 Å². The van der Waals surface area contributed by atoms with Crippen LogP contribution in [0.2, 0.25) is 0 Å². The first-order valence-corrected chi connectivity index (χ1v) is 10.1. The van der Waals surface area contributed by atoms with E-state index in [0.717, 1.165) is 28.0 Å². The van der Waals surface area contributed by atoms with E-state index in [2.05, 4.69) is 40.3 Å². The van der Waals surface area contributed by atoms with Gasteiger partial charge in [0.25, 0.3) is 0 Å². The molecule has 4 heteroatoms. The number of hydrogen-bond donors (Lipinski definition) is 0. The molecule has 6 rings (SSSR count). The maximum atomic E-state index is 4.45. The average molecular weight is 590 g/mol. The van der Waals surface area contributed by atoms with Crippen molar-refractivity contribution in [1.29, 1.82) is 0 Å². The molecule has 3 nitrogen and oxygen atoms in total. The third-order valence-corrected chi connectivity index (χ3v) is 5.05. The first kappa shape index (κ1) is 21.6. The molecule has 3 aromatic heterocycles. The molecule has 0 spiro atoms. The molecule has 1 radical (unpaired) electrons. The van der Waals surface area contributed by atoms with Gasteiger partial charge in [-0.25, -0.2) is 0 Å². The van der Waals surface area contributed by atoms with Gasteiger partial charge in [-0.3, -0.25) is 4.98 Å². The van der Waals surface area contributed by atoms with Gasteiger partial charge in [0.1, 0.15) is 0 Å². The Labute approximate surface area is 200 Å². The Morgan fingerprint density at radius 2 is 1.31 bits per heavy atom. The molecule has 0 bridgehead atoms. The fourth-order valence-corrected chi connectivity index (χ4v) is 3.57. The SMILES string of the molecule is [Ir].[c-]1ccccc1-c1nccc2ccccc12.[c-]1ccccc1-c1ncn2ccccc12. The van der Waals surface area contributed by atoms with Crippen molar-refractivity contribution < 1.29 is 20.1 Å². The van der Waals surface area contributed by atoms with Gasteiger partial charge in [0, 0.05) is 43.7 Å². The summed E-state index contributed by atoms with van der Waals surface area (Å²) in [6.45, 7) is 0. The molecule has 0 saturated heterocycles. The van der Waals surface area contributed by atoms with E-state index in [4.69, 9.17) is 0 Å². The van der Waals surface area contributed by atoms with E-state index in [1.54, 1.807) is 0 Å². The number of imidazole rings is 1. The standard InChI is InChI=1S/C15H10N.C13H9N2.Ir/c1-2-7-13(8-3-1)15-14-9-5-4-6-12(14)10-11-16-15;1-2-6-11(7-3-1)13-12-8-4-5-9-15(12)10-14-13;/h1-7,9-11H;1-6,8-10H;/q2*-1;. The van der Waals surface area contributed by atoms with E-state index in [9.17, 15) is 0 Å². The second-order valence-electron chi connectivity index (χ2n) is 7.02. The fourth-order valence-electron chi connectivity index (χ4n) is 3.57. The minimum absolute atomic E-state index is 0. The summed E-state index contributed by atoms with van der Waals surface area (Å²) >= 11 is 0. The van der Waals surface area contributed by atoms with Gasteiger partial charge in [0.15, 0.2) is 0 Å². The minimum Gasteiger partial charge on any atom is -0.315 e. The van der Waals surface area contributed by atoms with Crippen LogP contribution in [-0.4, -0.2) is 14.4 Å². The summed E-state index contributed by atoms with van der Waals surface area (Å²) < 4.78 is 2.01. The summed E-state index contributed by atoms with van der Waals surface area (Å²) in [5.41, 5.74) is 5.17. The fraction of sp³-hybridized carbons (Fsp3) is 0. The van der Waals surface area contributed by atoms with E-state index in [0.29, 0.717) is 0 Å². The van der Waals surface area contributed by atoms with Crippen LogP contribution in [0.5, 0.6) is 0 Å². The van der Waals surface area contributed by atoms with Crippen LogP contribution in [0.25, 0.3) is 38.8 Å². The second kappa shape index (κ2) is 10.1. The molecular weight excluding hydrogens is 571 g/mol. The molecule has 0 aliphatic rings. The van der Waals surface area contributed by atoms with Crippen molar-refractivity contribution in [3.05, 3.63) is 128 Å². The number of benzene rings is 3. The number of rotatable bonds is 2. The molecule has 0 atom stereocenters. The van der Waals surface area contributed by atoms with Gasteiger partial charge in [0.2, 0.25) is 0 Å². The molecule has 157 valence electrons. The zero-order valence-corrected chi connectivity index (χ0v) is 19.5. The molecule has 0 aliphatic heterocycles. The summed E-state index contributed by atoms with van der Waals surface area (Å²) in [4.78, 5) is 8.84. The number of aromatic nitrogens is 3. The summed E-state index contributed by atoms with van der Waals surface area (Å²) in [5, 5.41) is 2.39. The Bertz CT molecular complexity index is 1420. The molecular formula is C28H19IrN3-2.